The Morgan fingerprint density at radius 2 is 1.93 bits per heavy atom. The molecule has 1 fully saturated rings. The number of rotatable bonds is 7. The van der Waals surface area contributed by atoms with Gasteiger partial charge >= 0.3 is 5.97 Å². The molecule has 1 N–H and O–H groups in total. The quantitative estimate of drug-likeness (QED) is 0.751. The van der Waals surface area contributed by atoms with E-state index in [1.807, 2.05) is 0 Å². The van der Waals surface area contributed by atoms with Gasteiger partial charge in [0.15, 0.2) is 0 Å². The molecule has 1 aromatic carbocycles. The molecule has 0 spiro atoms. The fourth-order valence-corrected chi connectivity index (χ4v) is 3.19. The Morgan fingerprint density at radius 1 is 1.19 bits per heavy atom. The van der Waals surface area contributed by atoms with Gasteiger partial charge in [0, 0.05) is 6.42 Å². The number of nitrogens with zero attached hydrogens (tertiary/aromatic N) is 2. The number of anilines is 1. The van der Waals surface area contributed by atoms with Crippen molar-refractivity contribution >= 4 is 17.6 Å². The maximum Gasteiger partial charge on any atom is 0.309 e. The lowest BCUT2D eigenvalue weighted by molar-refractivity contribution is -0.139. The van der Waals surface area contributed by atoms with Gasteiger partial charge in [0.1, 0.15) is 17.8 Å². The molecule has 0 radical (unpaired) electrons. The van der Waals surface area contributed by atoms with Crippen LogP contribution in [0.1, 0.15) is 37.7 Å². The first-order valence-electron chi connectivity index (χ1n) is 9.07. The fraction of sp³-hybridized carbons (Fsp3) is 0.400. The van der Waals surface area contributed by atoms with Crippen LogP contribution >= 0.6 is 0 Å². The van der Waals surface area contributed by atoms with Crippen molar-refractivity contribution in [1.82, 2.24) is 9.97 Å². The summed E-state index contributed by atoms with van der Waals surface area (Å²) in [6.45, 7) is 0. The molecule has 1 aromatic heterocycles. The molecule has 1 saturated carbocycles. The van der Waals surface area contributed by atoms with Crippen LogP contribution in [-0.4, -0.2) is 29.0 Å². The topological polar surface area (TPSA) is 90.4 Å². The Balaban J connectivity index is 1.63. The van der Waals surface area contributed by atoms with Gasteiger partial charge in [0.25, 0.3) is 0 Å². The van der Waals surface area contributed by atoms with E-state index >= 15 is 0 Å². The highest BCUT2D eigenvalue weighted by Gasteiger charge is 2.19. The smallest absolute Gasteiger partial charge is 0.309 e. The third kappa shape index (κ3) is 5.51. The summed E-state index contributed by atoms with van der Waals surface area (Å²) in [5, 5.41) is 2.85. The number of hydrogen-bond donors (Lipinski definition) is 1. The Hall–Kier alpha value is -2.96. The molecule has 1 heterocycles. The van der Waals surface area contributed by atoms with Crippen LogP contribution in [-0.2, 0) is 20.7 Å². The van der Waals surface area contributed by atoms with Crippen molar-refractivity contribution in [2.45, 2.75) is 38.5 Å². The van der Waals surface area contributed by atoms with Crippen LogP contribution in [0.2, 0.25) is 0 Å². The second-order valence-corrected chi connectivity index (χ2v) is 6.64. The number of carbonyl (C=O) groups is 2. The van der Waals surface area contributed by atoms with Crippen LogP contribution in [0.25, 0.3) is 0 Å². The van der Waals surface area contributed by atoms with Crippen LogP contribution in [0, 0.1) is 5.92 Å². The summed E-state index contributed by atoms with van der Waals surface area (Å²) in [4.78, 5) is 31.7. The molecule has 7 heteroatoms. The summed E-state index contributed by atoms with van der Waals surface area (Å²) in [6, 6.07) is 7.05. The molecule has 3 rings (SSSR count). The van der Waals surface area contributed by atoms with E-state index in [1.165, 1.54) is 32.5 Å². The van der Waals surface area contributed by atoms with E-state index in [1.54, 1.807) is 24.3 Å². The number of nitrogens with one attached hydrogen (secondary N) is 1. The summed E-state index contributed by atoms with van der Waals surface area (Å²) < 4.78 is 10.4. The van der Waals surface area contributed by atoms with E-state index in [-0.39, 0.29) is 24.2 Å². The molecule has 27 heavy (non-hydrogen) atoms. The van der Waals surface area contributed by atoms with Gasteiger partial charge in [-0.2, -0.15) is 4.98 Å². The molecule has 0 saturated heterocycles. The first kappa shape index (κ1) is 18.8. The van der Waals surface area contributed by atoms with E-state index < -0.39 is 0 Å². The van der Waals surface area contributed by atoms with Gasteiger partial charge in [-0.25, -0.2) is 4.98 Å². The van der Waals surface area contributed by atoms with Gasteiger partial charge in [-0.3, -0.25) is 9.59 Å². The Kier molecular flexibility index (Phi) is 6.35. The molecular weight excluding hydrogens is 346 g/mol. The Morgan fingerprint density at radius 3 is 2.63 bits per heavy atom. The summed E-state index contributed by atoms with van der Waals surface area (Å²) in [7, 11) is 1.36. The third-order valence-corrected chi connectivity index (χ3v) is 4.61. The predicted molar refractivity (Wildman–Crippen MR) is 99.5 cm³/mol. The highest BCUT2D eigenvalue weighted by atomic mass is 16.5. The minimum atomic E-state index is -0.299. The Bertz CT molecular complexity index is 786. The summed E-state index contributed by atoms with van der Waals surface area (Å²) in [5.74, 6) is 0.946. The number of esters is 1. The molecule has 142 valence electrons. The number of hydrogen-bond acceptors (Lipinski definition) is 6. The van der Waals surface area contributed by atoms with Crippen LogP contribution in [0.4, 0.5) is 5.69 Å². The lowest BCUT2D eigenvalue weighted by atomic mass is 10.0. The zero-order valence-corrected chi connectivity index (χ0v) is 15.3. The van der Waals surface area contributed by atoms with Crippen molar-refractivity contribution in [2.24, 2.45) is 5.92 Å². The molecule has 0 atom stereocenters. The number of methoxy groups -OCH3 is 1. The van der Waals surface area contributed by atoms with Gasteiger partial charge in [0.2, 0.25) is 11.8 Å². The zero-order valence-electron chi connectivity index (χ0n) is 15.3. The molecule has 0 unspecified atom stereocenters. The van der Waals surface area contributed by atoms with Crippen molar-refractivity contribution in [3.05, 3.63) is 42.4 Å². The van der Waals surface area contributed by atoms with Crippen LogP contribution in [0.15, 0.2) is 36.8 Å². The van der Waals surface area contributed by atoms with Gasteiger partial charge in [-0.15, -0.1) is 0 Å². The van der Waals surface area contributed by atoms with Crippen molar-refractivity contribution in [2.75, 3.05) is 12.4 Å². The average molecular weight is 369 g/mol. The number of aromatic nitrogens is 2. The maximum atomic E-state index is 12.3. The summed E-state index contributed by atoms with van der Waals surface area (Å²) in [6.07, 6.45) is 8.23. The monoisotopic (exact) mass is 369 g/mol. The molecule has 7 nitrogen and oxygen atoms in total. The Labute approximate surface area is 158 Å². The molecule has 0 bridgehead atoms. The molecule has 1 aliphatic rings. The largest absolute Gasteiger partial charge is 0.469 e. The van der Waals surface area contributed by atoms with Gasteiger partial charge in [0.05, 0.1) is 19.7 Å². The van der Waals surface area contributed by atoms with E-state index in [0.29, 0.717) is 23.8 Å². The van der Waals surface area contributed by atoms with Crippen molar-refractivity contribution in [1.29, 1.82) is 0 Å². The molecule has 1 aliphatic carbocycles. The van der Waals surface area contributed by atoms with Crippen molar-refractivity contribution in [3.8, 4) is 11.6 Å². The summed E-state index contributed by atoms with van der Waals surface area (Å²) >= 11 is 0. The fourth-order valence-electron chi connectivity index (χ4n) is 3.19. The number of amides is 1. The molecule has 1 amide bonds. The van der Waals surface area contributed by atoms with Crippen molar-refractivity contribution in [3.63, 3.8) is 0 Å². The van der Waals surface area contributed by atoms with Crippen LogP contribution < -0.4 is 10.1 Å². The first-order chi connectivity index (χ1) is 13.1. The molecule has 2 aromatic rings. The second kappa shape index (κ2) is 9.12. The standard InChI is InChI=1S/C20H23N3O4/c1-26-19(25)11-15-6-8-16(9-7-15)27-20-17(12-21-13-22-20)23-18(24)10-14-4-2-3-5-14/h6-9,12-14H,2-5,10-11H2,1H3,(H,23,24). The zero-order chi connectivity index (χ0) is 19.1. The van der Waals surface area contributed by atoms with E-state index in [9.17, 15) is 9.59 Å². The van der Waals surface area contributed by atoms with Crippen LogP contribution in [0.3, 0.4) is 0 Å². The van der Waals surface area contributed by atoms with Gasteiger partial charge in [-0.05, 0) is 36.5 Å². The van der Waals surface area contributed by atoms with Gasteiger partial charge < -0.3 is 14.8 Å². The number of ether oxygens (including phenoxy) is 2. The lowest BCUT2D eigenvalue weighted by Crippen LogP contribution is -2.16. The molecular formula is C20H23N3O4. The maximum absolute atomic E-state index is 12.3. The third-order valence-electron chi connectivity index (χ3n) is 4.61. The number of benzene rings is 1. The minimum Gasteiger partial charge on any atom is -0.469 e. The highest BCUT2D eigenvalue weighted by molar-refractivity contribution is 5.91. The van der Waals surface area contributed by atoms with Crippen LogP contribution in [0.5, 0.6) is 11.6 Å². The average Bonchev–Trinajstić information content (AvgIpc) is 3.17. The lowest BCUT2D eigenvalue weighted by Gasteiger charge is -2.12. The SMILES string of the molecule is COC(=O)Cc1ccc(Oc2ncncc2NC(=O)CC2CCCC2)cc1. The normalized spacial score (nSPS) is 14.0. The summed E-state index contributed by atoms with van der Waals surface area (Å²) in [5.41, 5.74) is 1.26. The van der Waals surface area contributed by atoms with Crippen molar-refractivity contribution < 1.29 is 19.1 Å². The minimum absolute atomic E-state index is 0.0463. The molecule has 0 aliphatic heterocycles. The predicted octanol–water partition coefficient (Wildman–Crippen LogP) is 3.50. The first-order valence-corrected chi connectivity index (χ1v) is 9.07. The van der Waals surface area contributed by atoms with E-state index in [0.717, 1.165) is 18.4 Å². The second-order valence-electron chi connectivity index (χ2n) is 6.64. The van der Waals surface area contributed by atoms with E-state index in [4.69, 9.17) is 4.74 Å². The number of carbonyl (C=O) groups excluding carboxylic acids is 2. The van der Waals surface area contributed by atoms with E-state index in [2.05, 4.69) is 20.0 Å². The van der Waals surface area contributed by atoms with Gasteiger partial charge in [-0.1, -0.05) is 25.0 Å². The highest BCUT2D eigenvalue weighted by Crippen LogP contribution is 2.30.